The zero-order chi connectivity index (χ0) is 23.9. The molecule has 4 rings (SSSR count). The highest BCUT2D eigenvalue weighted by molar-refractivity contribution is 5.97. The Morgan fingerprint density at radius 1 is 1.09 bits per heavy atom. The number of benzene rings is 1. The zero-order valence-electron chi connectivity index (χ0n) is 19.6. The first kappa shape index (κ1) is 23.5. The maximum Gasteiger partial charge on any atom is 0.408 e. The van der Waals surface area contributed by atoms with Crippen LogP contribution in [0.4, 0.5) is 10.5 Å². The highest BCUT2D eigenvalue weighted by atomic mass is 16.5. The number of nitrogens with one attached hydrogen (secondary N) is 3. The second-order valence-electron chi connectivity index (χ2n) is 8.79. The Morgan fingerprint density at radius 2 is 1.85 bits per heavy atom. The topological polar surface area (TPSA) is 109 Å². The van der Waals surface area contributed by atoms with Gasteiger partial charge in [0, 0.05) is 23.1 Å². The molecular formula is C26H31N5O3. The van der Waals surface area contributed by atoms with Crippen LogP contribution in [0.2, 0.25) is 0 Å². The maximum atomic E-state index is 13.2. The summed E-state index contributed by atoms with van der Waals surface area (Å²) in [7, 11) is 0. The van der Waals surface area contributed by atoms with Gasteiger partial charge in [0.05, 0.1) is 11.4 Å². The average molecular weight is 462 g/mol. The second-order valence-corrected chi connectivity index (χ2v) is 8.79. The van der Waals surface area contributed by atoms with Crippen LogP contribution in [0.5, 0.6) is 0 Å². The number of rotatable bonds is 7. The number of anilines is 1. The van der Waals surface area contributed by atoms with Crippen molar-refractivity contribution in [2.45, 2.75) is 58.6 Å². The fourth-order valence-electron chi connectivity index (χ4n) is 4.57. The van der Waals surface area contributed by atoms with Gasteiger partial charge in [-0.25, -0.2) is 4.79 Å². The first-order valence-corrected chi connectivity index (χ1v) is 11.8. The van der Waals surface area contributed by atoms with Crippen LogP contribution in [0, 0.1) is 19.8 Å². The molecule has 34 heavy (non-hydrogen) atoms. The van der Waals surface area contributed by atoms with E-state index in [1.165, 1.54) is 0 Å². The molecule has 3 N–H and O–H groups in total. The second kappa shape index (κ2) is 11.0. The smallest absolute Gasteiger partial charge is 0.408 e. The summed E-state index contributed by atoms with van der Waals surface area (Å²) in [4.78, 5) is 29.9. The van der Waals surface area contributed by atoms with Gasteiger partial charge in [-0.3, -0.25) is 14.9 Å². The van der Waals surface area contributed by atoms with Gasteiger partial charge in [0.2, 0.25) is 5.91 Å². The standard InChI is InChI=1S/C26H31N5O3/c1-17-23(18(2)31-30-17)19-11-13-21(14-12-19)28-25(32)24(20-8-4-3-5-9-20)29-26(33)34-16-22-10-6-7-15-27-22/h6-7,10-15,20,24H,3-5,8-9,16H2,1-2H3,(H,28,32)(H,29,33)(H,30,31). The molecule has 8 nitrogen and oxygen atoms in total. The molecule has 1 unspecified atom stereocenters. The number of aryl methyl sites for hydroxylation is 2. The van der Waals surface area contributed by atoms with Gasteiger partial charge < -0.3 is 15.4 Å². The van der Waals surface area contributed by atoms with Crippen molar-refractivity contribution in [1.82, 2.24) is 20.5 Å². The van der Waals surface area contributed by atoms with Crippen molar-refractivity contribution in [3.63, 3.8) is 0 Å². The van der Waals surface area contributed by atoms with E-state index in [1.54, 1.807) is 18.3 Å². The minimum atomic E-state index is -0.658. The minimum Gasteiger partial charge on any atom is -0.443 e. The SMILES string of the molecule is Cc1n[nH]c(C)c1-c1ccc(NC(=O)C(NC(=O)OCc2ccccn2)C2CCCCC2)cc1. The molecule has 2 aromatic heterocycles. The Bertz CT molecular complexity index is 1090. The quantitative estimate of drug-likeness (QED) is 0.464. The highest BCUT2D eigenvalue weighted by Crippen LogP contribution is 2.29. The van der Waals surface area contributed by atoms with Crippen LogP contribution in [0.1, 0.15) is 49.2 Å². The van der Waals surface area contributed by atoms with Gasteiger partial charge >= 0.3 is 6.09 Å². The predicted molar refractivity (Wildman–Crippen MR) is 130 cm³/mol. The molecule has 0 radical (unpaired) electrons. The molecule has 0 spiro atoms. The Hall–Kier alpha value is -3.68. The van der Waals surface area contributed by atoms with E-state index in [0.717, 1.165) is 54.6 Å². The predicted octanol–water partition coefficient (Wildman–Crippen LogP) is 4.90. The number of ether oxygens (including phenoxy) is 1. The van der Waals surface area contributed by atoms with E-state index in [4.69, 9.17) is 4.74 Å². The molecule has 1 fully saturated rings. The summed E-state index contributed by atoms with van der Waals surface area (Å²) in [5, 5.41) is 13.0. The van der Waals surface area contributed by atoms with Crippen molar-refractivity contribution >= 4 is 17.7 Å². The van der Waals surface area contributed by atoms with E-state index in [9.17, 15) is 9.59 Å². The Morgan fingerprint density at radius 3 is 2.50 bits per heavy atom. The highest BCUT2D eigenvalue weighted by Gasteiger charge is 2.31. The Labute approximate surface area is 199 Å². The number of alkyl carbamates (subject to hydrolysis) is 1. The number of carbonyl (C=O) groups excluding carboxylic acids is 2. The molecule has 178 valence electrons. The van der Waals surface area contributed by atoms with Gasteiger partial charge in [-0.1, -0.05) is 37.5 Å². The minimum absolute atomic E-state index is 0.0555. The van der Waals surface area contributed by atoms with Crippen molar-refractivity contribution in [3.8, 4) is 11.1 Å². The molecule has 3 aromatic rings. The van der Waals surface area contributed by atoms with Crippen molar-refractivity contribution in [1.29, 1.82) is 0 Å². The number of pyridine rings is 1. The molecular weight excluding hydrogens is 430 g/mol. The van der Waals surface area contributed by atoms with Crippen molar-refractivity contribution in [2.75, 3.05) is 5.32 Å². The third-order valence-corrected chi connectivity index (χ3v) is 6.32. The van der Waals surface area contributed by atoms with Crippen molar-refractivity contribution in [3.05, 3.63) is 65.7 Å². The molecule has 0 aliphatic heterocycles. The summed E-state index contributed by atoms with van der Waals surface area (Å²) in [6.07, 6.45) is 6.10. The summed E-state index contributed by atoms with van der Waals surface area (Å²) >= 11 is 0. The molecule has 8 heteroatoms. The number of amides is 2. The van der Waals surface area contributed by atoms with Gasteiger partial charge in [-0.15, -0.1) is 0 Å². The molecule has 1 aliphatic rings. The monoisotopic (exact) mass is 461 g/mol. The normalized spacial score (nSPS) is 14.9. The molecule has 0 bridgehead atoms. The molecule has 2 amide bonds. The van der Waals surface area contributed by atoms with Crippen molar-refractivity contribution < 1.29 is 14.3 Å². The number of aromatic amines is 1. The lowest BCUT2D eigenvalue weighted by atomic mass is 9.83. The molecule has 1 saturated carbocycles. The number of aromatic nitrogens is 3. The molecule has 1 atom stereocenters. The number of hydrogen-bond acceptors (Lipinski definition) is 5. The number of carbonyl (C=O) groups is 2. The molecule has 1 aromatic carbocycles. The van der Waals surface area contributed by atoms with E-state index in [1.807, 2.05) is 44.2 Å². The summed E-state index contributed by atoms with van der Waals surface area (Å²) in [5.41, 5.74) is 5.36. The van der Waals surface area contributed by atoms with Crippen LogP contribution in [0.3, 0.4) is 0 Å². The van der Waals surface area contributed by atoms with E-state index in [2.05, 4.69) is 25.8 Å². The van der Waals surface area contributed by atoms with Gasteiger partial charge in [0.25, 0.3) is 0 Å². The summed E-state index contributed by atoms with van der Waals surface area (Å²) in [6.45, 7) is 4.00. The fourth-order valence-corrected chi connectivity index (χ4v) is 4.57. The van der Waals surface area contributed by atoms with E-state index < -0.39 is 12.1 Å². The van der Waals surface area contributed by atoms with Crippen LogP contribution in [0.25, 0.3) is 11.1 Å². The largest absolute Gasteiger partial charge is 0.443 e. The Kier molecular flexibility index (Phi) is 7.57. The van der Waals surface area contributed by atoms with Crippen LogP contribution in [0.15, 0.2) is 48.7 Å². The first-order chi connectivity index (χ1) is 16.5. The van der Waals surface area contributed by atoms with Gasteiger partial charge in [0.1, 0.15) is 12.6 Å². The summed E-state index contributed by atoms with van der Waals surface area (Å²) in [5.74, 6) is -0.156. The lowest BCUT2D eigenvalue weighted by molar-refractivity contribution is -0.119. The fraction of sp³-hybridized carbons (Fsp3) is 0.385. The zero-order valence-corrected chi connectivity index (χ0v) is 19.6. The number of hydrogen-bond donors (Lipinski definition) is 3. The van der Waals surface area contributed by atoms with Crippen LogP contribution in [-0.2, 0) is 16.1 Å². The van der Waals surface area contributed by atoms with Gasteiger partial charge in [0.15, 0.2) is 0 Å². The van der Waals surface area contributed by atoms with Crippen LogP contribution in [-0.4, -0.2) is 33.2 Å². The molecule has 0 saturated heterocycles. The van der Waals surface area contributed by atoms with Crippen molar-refractivity contribution in [2.24, 2.45) is 5.92 Å². The average Bonchev–Trinajstić information content (AvgIpc) is 3.20. The summed E-state index contributed by atoms with van der Waals surface area (Å²) < 4.78 is 5.33. The van der Waals surface area contributed by atoms with Crippen LogP contribution < -0.4 is 10.6 Å². The number of nitrogens with zero attached hydrogens (tertiary/aromatic N) is 2. The van der Waals surface area contributed by atoms with E-state index in [-0.39, 0.29) is 18.4 Å². The molecule has 2 heterocycles. The van der Waals surface area contributed by atoms with E-state index >= 15 is 0 Å². The maximum absolute atomic E-state index is 13.2. The van der Waals surface area contributed by atoms with Crippen LogP contribution >= 0.6 is 0 Å². The lowest BCUT2D eigenvalue weighted by Gasteiger charge is -2.29. The van der Waals surface area contributed by atoms with Gasteiger partial charge in [-0.2, -0.15) is 5.10 Å². The lowest BCUT2D eigenvalue weighted by Crippen LogP contribution is -2.49. The molecule has 1 aliphatic carbocycles. The summed E-state index contributed by atoms with van der Waals surface area (Å²) in [6, 6.07) is 12.4. The third-order valence-electron chi connectivity index (χ3n) is 6.32. The van der Waals surface area contributed by atoms with E-state index in [0.29, 0.717) is 11.4 Å². The first-order valence-electron chi connectivity index (χ1n) is 11.8. The Balaban J connectivity index is 1.42. The number of H-pyrrole nitrogens is 1. The van der Waals surface area contributed by atoms with Gasteiger partial charge in [-0.05, 0) is 62.4 Å². The third kappa shape index (κ3) is 5.81.